The summed E-state index contributed by atoms with van der Waals surface area (Å²) in [6.07, 6.45) is 2.60. The molecule has 2 N–H and O–H groups in total. The van der Waals surface area contributed by atoms with Crippen LogP contribution in [0.5, 0.6) is 0 Å². The minimum Gasteiger partial charge on any atom is -0.324 e. The lowest BCUT2D eigenvalue weighted by atomic mass is 9.95. The maximum atomic E-state index is 6.48. The second kappa shape index (κ2) is 5.30. The van der Waals surface area contributed by atoms with Gasteiger partial charge in [0.25, 0.3) is 0 Å². The molecule has 0 amide bonds. The van der Waals surface area contributed by atoms with Gasteiger partial charge in [-0.2, -0.15) is 5.10 Å². The van der Waals surface area contributed by atoms with Gasteiger partial charge in [-0.15, -0.1) is 0 Å². The van der Waals surface area contributed by atoms with Crippen molar-refractivity contribution >= 4 is 10.9 Å². The molecule has 2 aromatic heterocycles. The standard InChI is InChI=1S/C17H20N4/c1-11-15(12(2)21(3)20-11)10-16(18)13-6-4-8-17-14(13)7-5-9-19-17/h4-9,16H,10,18H2,1-3H3. The lowest BCUT2D eigenvalue weighted by Gasteiger charge is -2.15. The van der Waals surface area contributed by atoms with E-state index in [0.717, 1.165) is 28.6 Å². The summed E-state index contributed by atoms with van der Waals surface area (Å²) in [5.41, 5.74) is 12.1. The first-order valence-corrected chi connectivity index (χ1v) is 7.16. The van der Waals surface area contributed by atoms with Gasteiger partial charge in [0.05, 0.1) is 11.2 Å². The van der Waals surface area contributed by atoms with Crippen molar-refractivity contribution in [3.8, 4) is 0 Å². The van der Waals surface area contributed by atoms with Crippen molar-refractivity contribution in [1.82, 2.24) is 14.8 Å². The van der Waals surface area contributed by atoms with Crippen molar-refractivity contribution in [1.29, 1.82) is 0 Å². The fourth-order valence-electron chi connectivity index (χ4n) is 2.89. The highest BCUT2D eigenvalue weighted by Crippen LogP contribution is 2.26. The topological polar surface area (TPSA) is 56.7 Å². The van der Waals surface area contributed by atoms with Crippen molar-refractivity contribution in [2.24, 2.45) is 12.8 Å². The number of aryl methyl sites for hydroxylation is 2. The van der Waals surface area contributed by atoms with Crippen LogP contribution in [0.2, 0.25) is 0 Å². The number of rotatable bonds is 3. The van der Waals surface area contributed by atoms with Crippen molar-refractivity contribution in [3.05, 3.63) is 59.0 Å². The van der Waals surface area contributed by atoms with E-state index in [-0.39, 0.29) is 6.04 Å². The highest BCUT2D eigenvalue weighted by Gasteiger charge is 2.16. The first kappa shape index (κ1) is 13.8. The van der Waals surface area contributed by atoms with Gasteiger partial charge in [-0.25, -0.2) is 0 Å². The summed E-state index contributed by atoms with van der Waals surface area (Å²) >= 11 is 0. The molecule has 1 unspecified atom stereocenters. The van der Waals surface area contributed by atoms with Crippen LogP contribution < -0.4 is 5.73 Å². The van der Waals surface area contributed by atoms with E-state index in [9.17, 15) is 0 Å². The molecule has 0 saturated carbocycles. The zero-order valence-corrected chi connectivity index (χ0v) is 12.7. The maximum absolute atomic E-state index is 6.48. The molecule has 0 spiro atoms. The van der Waals surface area contributed by atoms with Crippen LogP contribution in [-0.2, 0) is 13.5 Å². The molecular formula is C17H20N4. The van der Waals surface area contributed by atoms with Crippen LogP contribution in [0.3, 0.4) is 0 Å². The predicted molar refractivity (Wildman–Crippen MR) is 85.1 cm³/mol. The minimum absolute atomic E-state index is 0.0560. The molecule has 0 saturated heterocycles. The Balaban J connectivity index is 1.99. The number of nitrogens with two attached hydrogens (primary N) is 1. The summed E-state index contributed by atoms with van der Waals surface area (Å²) in [5.74, 6) is 0. The second-order valence-corrected chi connectivity index (χ2v) is 5.50. The molecule has 3 aromatic rings. The van der Waals surface area contributed by atoms with Crippen LogP contribution in [0.4, 0.5) is 0 Å². The van der Waals surface area contributed by atoms with E-state index in [4.69, 9.17) is 5.73 Å². The molecule has 1 atom stereocenters. The quantitative estimate of drug-likeness (QED) is 0.802. The third-order valence-electron chi connectivity index (χ3n) is 4.16. The van der Waals surface area contributed by atoms with Gasteiger partial charge in [-0.3, -0.25) is 9.67 Å². The minimum atomic E-state index is -0.0560. The first-order valence-electron chi connectivity index (χ1n) is 7.16. The van der Waals surface area contributed by atoms with Crippen LogP contribution in [-0.4, -0.2) is 14.8 Å². The maximum Gasteiger partial charge on any atom is 0.0705 e. The summed E-state index contributed by atoms with van der Waals surface area (Å²) in [7, 11) is 1.97. The van der Waals surface area contributed by atoms with E-state index in [1.54, 1.807) is 0 Å². The molecule has 0 aliphatic heterocycles. The Kier molecular flexibility index (Phi) is 3.47. The largest absolute Gasteiger partial charge is 0.324 e. The van der Waals surface area contributed by atoms with Crippen LogP contribution in [0.25, 0.3) is 10.9 Å². The van der Waals surface area contributed by atoms with Gasteiger partial charge in [0.1, 0.15) is 0 Å². The van der Waals surface area contributed by atoms with E-state index in [0.29, 0.717) is 0 Å². The summed E-state index contributed by atoms with van der Waals surface area (Å²) < 4.78 is 1.92. The smallest absolute Gasteiger partial charge is 0.0705 e. The first-order chi connectivity index (χ1) is 10.1. The van der Waals surface area contributed by atoms with Gasteiger partial charge >= 0.3 is 0 Å². The normalized spacial score (nSPS) is 12.8. The number of fused-ring (bicyclic) bond motifs is 1. The van der Waals surface area contributed by atoms with Gasteiger partial charge in [0.15, 0.2) is 0 Å². The fraction of sp³-hybridized carbons (Fsp3) is 0.294. The monoisotopic (exact) mass is 280 g/mol. The Labute approximate surface area is 124 Å². The zero-order chi connectivity index (χ0) is 15.0. The average Bonchev–Trinajstić information content (AvgIpc) is 2.73. The highest BCUT2D eigenvalue weighted by molar-refractivity contribution is 5.82. The fourth-order valence-corrected chi connectivity index (χ4v) is 2.89. The van der Waals surface area contributed by atoms with Crippen LogP contribution in [0.15, 0.2) is 36.5 Å². The molecule has 4 heteroatoms. The lowest BCUT2D eigenvalue weighted by molar-refractivity contribution is 0.711. The molecule has 0 fully saturated rings. The molecule has 108 valence electrons. The summed E-state index contributed by atoms with van der Waals surface area (Å²) in [5, 5.41) is 5.60. The van der Waals surface area contributed by atoms with Crippen molar-refractivity contribution in [2.45, 2.75) is 26.3 Å². The number of hydrogen-bond donors (Lipinski definition) is 1. The molecule has 0 aliphatic carbocycles. The van der Waals surface area contributed by atoms with Crippen molar-refractivity contribution < 1.29 is 0 Å². The Morgan fingerprint density at radius 3 is 2.71 bits per heavy atom. The van der Waals surface area contributed by atoms with Crippen LogP contribution in [0, 0.1) is 13.8 Å². The van der Waals surface area contributed by atoms with E-state index in [2.05, 4.69) is 29.1 Å². The van der Waals surface area contributed by atoms with E-state index in [1.807, 2.05) is 43.0 Å². The van der Waals surface area contributed by atoms with Crippen molar-refractivity contribution in [3.63, 3.8) is 0 Å². The molecular weight excluding hydrogens is 260 g/mol. The van der Waals surface area contributed by atoms with E-state index >= 15 is 0 Å². The number of pyridine rings is 1. The Morgan fingerprint density at radius 1 is 1.19 bits per heavy atom. The number of benzene rings is 1. The summed E-state index contributed by atoms with van der Waals surface area (Å²) in [6.45, 7) is 4.13. The predicted octanol–water partition coefficient (Wildman–Crippen LogP) is 2.83. The lowest BCUT2D eigenvalue weighted by Crippen LogP contribution is -2.15. The molecule has 21 heavy (non-hydrogen) atoms. The second-order valence-electron chi connectivity index (χ2n) is 5.50. The highest BCUT2D eigenvalue weighted by atomic mass is 15.3. The average molecular weight is 280 g/mol. The molecule has 2 heterocycles. The molecule has 0 bridgehead atoms. The van der Waals surface area contributed by atoms with Gasteiger partial charge < -0.3 is 5.73 Å². The Bertz CT molecular complexity index is 783. The van der Waals surface area contributed by atoms with Gasteiger partial charge in [0, 0.05) is 30.4 Å². The SMILES string of the molecule is Cc1nn(C)c(C)c1CC(N)c1cccc2ncccc12. The van der Waals surface area contributed by atoms with Gasteiger partial charge in [-0.05, 0) is 43.5 Å². The molecule has 4 nitrogen and oxygen atoms in total. The van der Waals surface area contributed by atoms with E-state index in [1.165, 1.54) is 11.3 Å². The van der Waals surface area contributed by atoms with Crippen LogP contribution >= 0.6 is 0 Å². The third kappa shape index (κ3) is 2.43. The number of nitrogens with zero attached hydrogens (tertiary/aromatic N) is 3. The van der Waals surface area contributed by atoms with Gasteiger partial charge in [-0.1, -0.05) is 18.2 Å². The number of hydrogen-bond acceptors (Lipinski definition) is 3. The Morgan fingerprint density at radius 2 is 2.00 bits per heavy atom. The third-order valence-corrected chi connectivity index (χ3v) is 4.16. The summed E-state index contributed by atoms with van der Waals surface area (Å²) in [6, 6.07) is 10.1. The number of aromatic nitrogens is 3. The molecule has 1 aromatic carbocycles. The molecule has 0 aliphatic rings. The van der Waals surface area contributed by atoms with Crippen molar-refractivity contribution in [2.75, 3.05) is 0 Å². The Hall–Kier alpha value is -2.20. The molecule has 0 radical (unpaired) electrons. The van der Waals surface area contributed by atoms with Gasteiger partial charge in [0.2, 0.25) is 0 Å². The zero-order valence-electron chi connectivity index (χ0n) is 12.7. The molecule has 3 rings (SSSR count). The summed E-state index contributed by atoms with van der Waals surface area (Å²) in [4.78, 5) is 4.40. The van der Waals surface area contributed by atoms with Crippen LogP contribution in [0.1, 0.15) is 28.6 Å². The van der Waals surface area contributed by atoms with E-state index < -0.39 is 0 Å².